The van der Waals surface area contributed by atoms with Crippen LogP contribution in [0.1, 0.15) is 10.4 Å². The Bertz CT molecular complexity index is 434. The molecule has 6 nitrogen and oxygen atoms in total. The summed E-state index contributed by atoms with van der Waals surface area (Å²) in [5, 5.41) is 28.5. The Morgan fingerprint density at radius 3 is 2.44 bits per heavy atom. The fourth-order valence-corrected chi connectivity index (χ4v) is 1.39. The molecule has 7 heteroatoms. The Kier molecular flexibility index (Phi) is 3.86. The number of carbonyl (C=O) groups is 2. The minimum Gasteiger partial charge on any atom is -0.478 e. The van der Waals surface area contributed by atoms with Gasteiger partial charge in [-0.1, -0.05) is 15.9 Å². The molecule has 1 rings (SSSR count). The fraction of sp³-hybridized carbons (Fsp3) is 0.111. The minimum atomic E-state index is -1.85. The highest BCUT2D eigenvalue weighted by Crippen LogP contribution is 2.21. The van der Waals surface area contributed by atoms with Crippen molar-refractivity contribution in [3.05, 3.63) is 28.2 Å². The van der Waals surface area contributed by atoms with Crippen molar-refractivity contribution in [3.63, 3.8) is 0 Å². The van der Waals surface area contributed by atoms with Gasteiger partial charge in [0.25, 0.3) is 0 Å². The van der Waals surface area contributed by atoms with Crippen LogP contribution < -0.4 is 5.32 Å². The van der Waals surface area contributed by atoms with E-state index >= 15 is 0 Å². The lowest BCUT2D eigenvalue weighted by atomic mass is 10.2. The van der Waals surface area contributed by atoms with Crippen molar-refractivity contribution < 1.29 is 24.9 Å². The number of aliphatic hydroxyl groups excluding tert-OH is 1. The highest BCUT2D eigenvalue weighted by atomic mass is 79.9. The molecule has 0 aromatic heterocycles. The van der Waals surface area contributed by atoms with E-state index in [-0.39, 0.29) is 11.3 Å². The molecule has 0 bridgehead atoms. The molecule has 1 unspecified atom stereocenters. The Labute approximate surface area is 98.6 Å². The van der Waals surface area contributed by atoms with Crippen LogP contribution >= 0.6 is 15.9 Å². The van der Waals surface area contributed by atoms with Crippen LogP contribution in [0.25, 0.3) is 0 Å². The quantitative estimate of drug-likeness (QED) is 0.615. The van der Waals surface area contributed by atoms with Crippen molar-refractivity contribution in [2.45, 2.75) is 6.23 Å². The van der Waals surface area contributed by atoms with E-state index in [0.29, 0.717) is 4.47 Å². The lowest BCUT2D eigenvalue weighted by Crippen LogP contribution is -2.29. The van der Waals surface area contributed by atoms with E-state index < -0.39 is 18.2 Å². The normalized spacial score (nSPS) is 11.9. The number of anilines is 1. The number of hydrogen-bond donors (Lipinski definition) is 4. The highest BCUT2D eigenvalue weighted by molar-refractivity contribution is 9.10. The van der Waals surface area contributed by atoms with Gasteiger partial charge in [-0.3, -0.25) is 0 Å². The summed E-state index contributed by atoms with van der Waals surface area (Å²) in [4.78, 5) is 21.2. The molecular formula is C9H8BrNO5. The van der Waals surface area contributed by atoms with E-state index in [0.717, 1.165) is 0 Å². The predicted octanol–water partition coefficient (Wildman–Crippen LogP) is 0.962. The number of benzene rings is 1. The van der Waals surface area contributed by atoms with Gasteiger partial charge in [0.15, 0.2) is 0 Å². The molecule has 86 valence electrons. The number of nitrogens with one attached hydrogen (secondary N) is 1. The summed E-state index contributed by atoms with van der Waals surface area (Å²) < 4.78 is 0.542. The van der Waals surface area contributed by atoms with Crippen LogP contribution in [0.5, 0.6) is 0 Å². The van der Waals surface area contributed by atoms with Crippen LogP contribution in [-0.2, 0) is 4.79 Å². The maximum absolute atomic E-state index is 10.8. The molecule has 0 radical (unpaired) electrons. The molecule has 0 spiro atoms. The second-order valence-corrected chi connectivity index (χ2v) is 3.80. The van der Waals surface area contributed by atoms with E-state index in [9.17, 15) is 9.59 Å². The molecule has 0 heterocycles. The number of carboxylic acid groups (broad SMARTS) is 2. The molecule has 0 aliphatic heterocycles. The molecule has 0 aliphatic carbocycles. The standard InChI is InChI=1S/C9H8BrNO5/c10-4-1-2-6(5(3-4)8(13)14)11-7(12)9(15)16/h1-3,7,11-12H,(H,13,14)(H,15,16). The zero-order chi connectivity index (χ0) is 12.3. The van der Waals surface area contributed by atoms with Gasteiger partial charge in [-0.15, -0.1) is 0 Å². The first-order valence-corrected chi connectivity index (χ1v) is 4.91. The number of rotatable bonds is 4. The molecule has 0 fully saturated rings. The summed E-state index contributed by atoms with van der Waals surface area (Å²) in [5.41, 5.74) is -0.0970. The van der Waals surface area contributed by atoms with E-state index in [2.05, 4.69) is 21.2 Å². The monoisotopic (exact) mass is 289 g/mol. The minimum absolute atomic E-state index is 0.0330. The third kappa shape index (κ3) is 2.94. The van der Waals surface area contributed by atoms with E-state index in [1.807, 2.05) is 0 Å². The van der Waals surface area contributed by atoms with Crippen molar-refractivity contribution in [1.82, 2.24) is 0 Å². The van der Waals surface area contributed by atoms with Crippen LogP contribution in [0.4, 0.5) is 5.69 Å². The summed E-state index contributed by atoms with van der Waals surface area (Å²) in [5.74, 6) is -2.71. The number of aliphatic carboxylic acids is 1. The van der Waals surface area contributed by atoms with Gasteiger partial charge in [-0.05, 0) is 18.2 Å². The second-order valence-electron chi connectivity index (χ2n) is 2.88. The topological polar surface area (TPSA) is 107 Å². The Balaban J connectivity index is 3.04. The van der Waals surface area contributed by atoms with Gasteiger partial charge in [0.1, 0.15) is 0 Å². The van der Waals surface area contributed by atoms with Crippen molar-refractivity contribution >= 4 is 33.6 Å². The Hall–Kier alpha value is -1.60. The average molecular weight is 290 g/mol. The van der Waals surface area contributed by atoms with Crippen LogP contribution in [0.3, 0.4) is 0 Å². The van der Waals surface area contributed by atoms with Crippen LogP contribution in [0.15, 0.2) is 22.7 Å². The molecule has 0 amide bonds. The zero-order valence-corrected chi connectivity index (χ0v) is 9.43. The maximum atomic E-state index is 10.8. The third-order valence-corrected chi connectivity index (χ3v) is 2.23. The first-order chi connectivity index (χ1) is 7.41. The van der Waals surface area contributed by atoms with Crippen LogP contribution in [-0.4, -0.2) is 33.5 Å². The molecule has 1 atom stereocenters. The van der Waals surface area contributed by atoms with E-state index in [1.165, 1.54) is 18.2 Å². The smallest absolute Gasteiger partial charge is 0.353 e. The number of aliphatic hydroxyl groups is 1. The summed E-state index contributed by atoms with van der Waals surface area (Å²) in [7, 11) is 0. The number of hydrogen-bond acceptors (Lipinski definition) is 4. The van der Waals surface area contributed by atoms with Crippen LogP contribution in [0.2, 0.25) is 0 Å². The maximum Gasteiger partial charge on any atom is 0.353 e. The van der Waals surface area contributed by atoms with Gasteiger partial charge in [-0.25, -0.2) is 9.59 Å². The number of halogens is 1. The van der Waals surface area contributed by atoms with Crippen molar-refractivity contribution in [3.8, 4) is 0 Å². The molecular weight excluding hydrogens is 282 g/mol. The van der Waals surface area contributed by atoms with Gasteiger partial charge in [-0.2, -0.15) is 0 Å². The molecule has 1 aromatic carbocycles. The van der Waals surface area contributed by atoms with Gasteiger partial charge >= 0.3 is 11.9 Å². The lowest BCUT2D eigenvalue weighted by molar-refractivity contribution is -0.145. The summed E-state index contributed by atoms with van der Waals surface area (Å²) in [6.45, 7) is 0. The fourth-order valence-electron chi connectivity index (χ4n) is 1.03. The molecule has 4 N–H and O–H groups in total. The largest absolute Gasteiger partial charge is 0.478 e. The van der Waals surface area contributed by atoms with Crippen molar-refractivity contribution in [1.29, 1.82) is 0 Å². The summed E-state index contributed by atoms with van der Waals surface area (Å²) in [6, 6.07) is 4.20. The Morgan fingerprint density at radius 2 is 1.94 bits per heavy atom. The van der Waals surface area contributed by atoms with Crippen molar-refractivity contribution in [2.24, 2.45) is 0 Å². The van der Waals surface area contributed by atoms with Gasteiger partial charge in [0.05, 0.1) is 11.3 Å². The first kappa shape index (κ1) is 12.5. The predicted molar refractivity (Wildman–Crippen MR) is 58.4 cm³/mol. The zero-order valence-electron chi connectivity index (χ0n) is 7.85. The van der Waals surface area contributed by atoms with E-state index in [4.69, 9.17) is 15.3 Å². The van der Waals surface area contributed by atoms with Crippen molar-refractivity contribution in [2.75, 3.05) is 5.32 Å². The molecule has 0 saturated heterocycles. The van der Waals surface area contributed by atoms with Gasteiger partial charge in [0, 0.05) is 4.47 Å². The average Bonchev–Trinajstić information content (AvgIpc) is 2.20. The molecule has 0 aliphatic rings. The lowest BCUT2D eigenvalue weighted by Gasteiger charge is -2.12. The molecule has 1 aromatic rings. The molecule has 16 heavy (non-hydrogen) atoms. The van der Waals surface area contributed by atoms with Crippen LogP contribution in [0, 0.1) is 0 Å². The number of aromatic carboxylic acids is 1. The summed E-state index contributed by atoms with van der Waals surface area (Å²) >= 11 is 3.09. The Morgan fingerprint density at radius 1 is 1.31 bits per heavy atom. The van der Waals surface area contributed by atoms with Gasteiger partial charge < -0.3 is 20.6 Å². The molecule has 0 saturated carbocycles. The highest BCUT2D eigenvalue weighted by Gasteiger charge is 2.17. The second kappa shape index (κ2) is 4.95. The van der Waals surface area contributed by atoms with Gasteiger partial charge in [0.2, 0.25) is 6.23 Å². The SMILES string of the molecule is O=C(O)c1cc(Br)ccc1NC(O)C(=O)O. The first-order valence-electron chi connectivity index (χ1n) is 4.12. The third-order valence-electron chi connectivity index (χ3n) is 1.74. The summed E-state index contributed by atoms with van der Waals surface area (Å²) in [6.07, 6.45) is -1.85. The number of carboxylic acids is 2. The van der Waals surface area contributed by atoms with E-state index in [1.54, 1.807) is 0 Å².